The molecule has 0 aromatic heterocycles. The highest BCUT2D eigenvalue weighted by atomic mass is 14.0. The fourth-order valence-corrected chi connectivity index (χ4v) is 1.26. The third-order valence-electron chi connectivity index (χ3n) is 2.05. The Morgan fingerprint density at radius 2 is 1.75 bits per heavy atom. The van der Waals surface area contributed by atoms with Crippen molar-refractivity contribution in [1.29, 1.82) is 0 Å². The molecule has 1 aromatic carbocycles. The first kappa shape index (κ1) is 9.37. The minimum atomic E-state index is 0.856. The molecule has 0 aliphatic rings. The quantitative estimate of drug-likeness (QED) is 0.465. The van der Waals surface area contributed by atoms with Gasteiger partial charge in [-0.25, -0.2) is 0 Å². The Morgan fingerprint density at radius 1 is 1.08 bits per heavy atom. The average molecular weight is 158 g/mol. The minimum Gasteiger partial charge on any atom is -0.0967 e. The van der Waals surface area contributed by atoms with Crippen LogP contribution in [0.25, 0.3) is 0 Å². The van der Waals surface area contributed by atoms with Gasteiger partial charge >= 0.3 is 0 Å². The van der Waals surface area contributed by atoms with Gasteiger partial charge in [0.2, 0.25) is 0 Å². The summed E-state index contributed by atoms with van der Waals surface area (Å²) < 4.78 is 0. The summed E-state index contributed by atoms with van der Waals surface area (Å²) in [6.45, 7) is 2.23. The highest BCUT2D eigenvalue weighted by molar-refractivity contribution is 6.32. The van der Waals surface area contributed by atoms with Crippen molar-refractivity contribution < 1.29 is 0 Å². The predicted molar refractivity (Wildman–Crippen MR) is 55.1 cm³/mol. The van der Waals surface area contributed by atoms with Gasteiger partial charge in [-0.2, -0.15) is 0 Å². The third kappa shape index (κ3) is 3.12. The Morgan fingerprint density at radius 3 is 2.33 bits per heavy atom. The van der Waals surface area contributed by atoms with Gasteiger partial charge in [0, 0.05) is 0 Å². The van der Waals surface area contributed by atoms with Crippen molar-refractivity contribution in [1.82, 2.24) is 0 Å². The molecule has 0 saturated heterocycles. The molecule has 0 atom stereocenters. The zero-order valence-electron chi connectivity index (χ0n) is 7.72. The molecule has 62 valence electrons. The summed E-state index contributed by atoms with van der Waals surface area (Å²) >= 11 is 0. The number of unbranched alkanes of at least 4 members (excludes halogenated alkanes) is 2. The van der Waals surface area contributed by atoms with Gasteiger partial charge in [-0.1, -0.05) is 49.5 Å². The molecule has 0 heterocycles. The maximum atomic E-state index is 5.58. The van der Waals surface area contributed by atoms with E-state index in [1.165, 1.54) is 31.2 Å². The molecule has 0 saturated carbocycles. The summed E-state index contributed by atoms with van der Waals surface area (Å²) in [6.07, 6.45) is 5.09. The van der Waals surface area contributed by atoms with Crippen molar-refractivity contribution in [3.63, 3.8) is 0 Å². The molecule has 0 unspecified atom stereocenters. The SMILES string of the molecule is [B]c1ccc(CCCCC)cc1. The van der Waals surface area contributed by atoms with E-state index in [0.717, 1.165) is 5.46 Å². The van der Waals surface area contributed by atoms with Gasteiger partial charge in [0.25, 0.3) is 0 Å². The first-order valence-corrected chi connectivity index (χ1v) is 4.67. The van der Waals surface area contributed by atoms with Gasteiger partial charge in [-0.15, -0.1) is 0 Å². The van der Waals surface area contributed by atoms with E-state index >= 15 is 0 Å². The van der Waals surface area contributed by atoms with E-state index < -0.39 is 0 Å². The fraction of sp³-hybridized carbons (Fsp3) is 0.455. The Kier molecular flexibility index (Phi) is 3.92. The Hall–Kier alpha value is -0.715. The highest BCUT2D eigenvalue weighted by Gasteiger charge is 1.91. The lowest BCUT2D eigenvalue weighted by Crippen LogP contribution is -2.00. The van der Waals surface area contributed by atoms with Crippen molar-refractivity contribution in [2.45, 2.75) is 32.6 Å². The molecule has 0 aliphatic carbocycles. The van der Waals surface area contributed by atoms with Crippen LogP contribution in [0.1, 0.15) is 31.7 Å². The number of rotatable bonds is 4. The van der Waals surface area contributed by atoms with Crippen molar-refractivity contribution >= 4 is 13.3 Å². The highest BCUT2D eigenvalue weighted by Crippen LogP contribution is 2.04. The van der Waals surface area contributed by atoms with Crippen LogP contribution >= 0.6 is 0 Å². The molecular weight excluding hydrogens is 143 g/mol. The summed E-state index contributed by atoms with van der Waals surface area (Å²) in [4.78, 5) is 0. The molecule has 0 aliphatic heterocycles. The average Bonchev–Trinajstić information content (AvgIpc) is 2.09. The second-order valence-corrected chi connectivity index (χ2v) is 3.20. The van der Waals surface area contributed by atoms with Crippen LogP contribution in [0.5, 0.6) is 0 Å². The van der Waals surface area contributed by atoms with E-state index in [9.17, 15) is 0 Å². The van der Waals surface area contributed by atoms with Crippen LogP contribution in [0.3, 0.4) is 0 Å². The van der Waals surface area contributed by atoms with Crippen LogP contribution < -0.4 is 5.46 Å². The second-order valence-electron chi connectivity index (χ2n) is 3.20. The molecule has 12 heavy (non-hydrogen) atoms. The van der Waals surface area contributed by atoms with Crippen LogP contribution in [0.2, 0.25) is 0 Å². The van der Waals surface area contributed by atoms with Crippen LogP contribution in [0, 0.1) is 0 Å². The largest absolute Gasteiger partial charge is 0.113 e. The van der Waals surface area contributed by atoms with Crippen molar-refractivity contribution in [2.24, 2.45) is 0 Å². The molecule has 0 bridgehead atoms. The summed E-state index contributed by atoms with van der Waals surface area (Å²) in [6, 6.07) is 8.18. The lowest BCUT2D eigenvalue weighted by atomic mass is 9.94. The maximum absolute atomic E-state index is 5.58. The van der Waals surface area contributed by atoms with Crippen molar-refractivity contribution in [3.05, 3.63) is 29.8 Å². The number of hydrogen-bond donors (Lipinski definition) is 0. The maximum Gasteiger partial charge on any atom is 0.113 e. The molecule has 0 N–H and O–H groups in total. The number of benzene rings is 1. The fourth-order valence-electron chi connectivity index (χ4n) is 1.26. The molecule has 1 aromatic rings. The minimum absolute atomic E-state index is 0.856. The van der Waals surface area contributed by atoms with E-state index in [-0.39, 0.29) is 0 Å². The van der Waals surface area contributed by atoms with Gasteiger partial charge < -0.3 is 0 Å². The summed E-state index contributed by atoms with van der Waals surface area (Å²) in [5.74, 6) is 0. The molecule has 1 rings (SSSR count). The zero-order valence-corrected chi connectivity index (χ0v) is 7.72. The number of aryl methyl sites for hydroxylation is 1. The Balaban J connectivity index is 2.37. The van der Waals surface area contributed by atoms with Crippen LogP contribution in [0.15, 0.2) is 24.3 Å². The van der Waals surface area contributed by atoms with E-state index in [2.05, 4.69) is 19.1 Å². The molecule has 2 radical (unpaired) electrons. The van der Waals surface area contributed by atoms with Gasteiger partial charge in [-0.05, 0) is 18.4 Å². The van der Waals surface area contributed by atoms with Gasteiger partial charge in [0.05, 0.1) is 0 Å². The first-order valence-electron chi connectivity index (χ1n) is 4.67. The van der Waals surface area contributed by atoms with Gasteiger partial charge in [0.1, 0.15) is 7.85 Å². The van der Waals surface area contributed by atoms with Crippen molar-refractivity contribution in [2.75, 3.05) is 0 Å². The smallest absolute Gasteiger partial charge is 0.0967 e. The topological polar surface area (TPSA) is 0 Å². The lowest BCUT2D eigenvalue weighted by molar-refractivity contribution is 0.717. The summed E-state index contributed by atoms with van der Waals surface area (Å²) in [5.41, 5.74) is 2.26. The van der Waals surface area contributed by atoms with E-state index in [4.69, 9.17) is 7.85 Å². The predicted octanol–water partition coefficient (Wildman–Crippen LogP) is 2.21. The van der Waals surface area contributed by atoms with Crippen LogP contribution in [-0.2, 0) is 6.42 Å². The normalized spacial score (nSPS) is 10.1. The summed E-state index contributed by atoms with van der Waals surface area (Å²) in [7, 11) is 5.58. The second kappa shape index (κ2) is 5.02. The van der Waals surface area contributed by atoms with E-state index in [1.807, 2.05) is 12.1 Å². The molecule has 1 heteroatoms. The van der Waals surface area contributed by atoms with E-state index in [1.54, 1.807) is 0 Å². The Bertz CT molecular complexity index is 213. The monoisotopic (exact) mass is 158 g/mol. The molecular formula is C11H15B. The molecule has 0 fully saturated rings. The first-order chi connectivity index (χ1) is 5.83. The third-order valence-corrected chi connectivity index (χ3v) is 2.05. The van der Waals surface area contributed by atoms with E-state index in [0.29, 0.717) is 0 Å². The van der Waals surface area contributed by atoms with Gasteiger partial charge in [-0.3, -0.25) is 0 Å². The summed E-state index contributed by atoms with van der Waals surface area (Å²) in [5, 5.41) is 0. The van der Waals surface area contributed by atoms with Crippen LogP contribution in [0.4, 0.5) is 0 Å². The molecule has 0 spiro atoms. The standard InChI is InChI=1S/C11H15B/c1-2-3-4-5-10-6-8-11(12)9-7-10/h6-9H,2-5H2,1H3. The lowest BCUT2D eigenvalue weighted by Gasteiger charge is -2.00. The number of hydrogen-bond acceptors (Lipinski definition) is 0. The van der Waals surface area contributed by atoms with Crippen molar-refractivity contribution in [3.8, 4) is 0 Å². The molecule has 0 amide bonds. The van der Waals surface area contributed by atoms with Gasteiger partial charge in [0.15, 0.2) is 0 Å². The zero-order chi connectivity index (χ0) is 8.81. The van der Waals surface area contributed by atoms with Crippen LogP contribution in [-0.4, -0.2) is 7.85 Å². The Labute approximate surface area is 76.4 Å². The molecule has 0 nitrogen and oxygen atoms in total.